The Kier molecular flexibility index (Phi) is 4.90. The maximum Gasteiger partial charge on any atom is 0.320 e. The number of hydrogen-bond donors (Lipinski definition) is 4. The number of benzene rings is 1. The van der Waals surface area contributed by atoms with E-state index in [1.807, 2.05) is 0 Å². The standard InChI is InChI=1S/C9H11NO4.ClH/c10-8(9(13)14)3-5-1-6(11)4-7(12)2-5;/h1-2,4,8,11-12H,3,10H2,(H,13,14);1H/t8-;/m0./s1. The van der Waals surface area contributed by atoms with Crippen LogP contribution in [-0.2, 0) is 11.2 Å². The summed E-state index contributed by atoms with van der Waals surface area (Å²) < 4.78 is 0. The Morgan fingerprint density at radius 2 is 1.73 bits per heavy atom. The summed E-state index contributed by atoms with van der Waals surface area (Å²) in [4.78, 5) is 10.4. The molecule has 0 aliphatic heterocycles. The fourth-order valence-electron chi connectivity index (χ4n) is 1.12. The highest BCUT2D eigenvalue weighted by Gasteiger charge is 2.12. The van der Waals surface area contributed by atoms with Crippen LogP contribution < -0.4 is 5.73 Å². The largest absolute Gasteiger partial charge is 0.508 e. The van der Waals surface area contributed by atoms with Crippen LogP contribution in [0.2, 0.25) is 0 Å². The van der Waals surface area contributed by atoms with Crippen molar-refractivity contribution in [2.24, 2.45) is 5.73 Å². The van der Waals surface area contributed by atoms with Gasteiger partial charge in [-0.25, -0.2) is 0 Å². The predicted octanol–water partition coefficient (Wildman–Crippen LogP) is 0.474. The Balaban J connectivity index is 0.00000196. The Morgan fingerprint density at radius 3 is 2.13 bits per heavy atom. The van der Waals surface area contributed by atoms with E-state index in [0.29, 0.717) is 5.56 Å². The average molecular weight is 234 g/mol. The summed E-state index contributed by atoms with van der Waals surface area (Å²) in [7, 11) is 0. The summed E-state index contributed by atoms with van der Waals surface area (Å²) >= 11 is 0. The van der Waals surface area contributed by atoms with Gasteiger partial charge in [-0.1, -0.05) is 0 Å². The van der Waals surface area contributed by atoms with E-state index in [-0.39, 0.29) is 30.3 Å². The number of hydrogen-bond acceptors (Lipinski definition) is 4. The van der Waals surface area contributed by atoms with Crippen molar-refractivity contribution in [2.45, 2.75) is 12.5 Å². The average Bonchev–Trinajstić information content (AvgIpc) is 2.01. The third-order valence-electron chi connectivity index (χ3n) is 1.74. The van der Waals surface area contributed by atoms with Crippen LogP contribution in [-0.4, -0.2) is 27.3 Å². The van der Waals surface area contributed by atoms with Crippen molar-refractivity contribution in [3.8, 4) is 11.5 Å². The molecule has 1 rings (SSSR count). The van der Waals surface area contributed by atoms with Crippen molar-refractivity contribution in [1.29, 1.82) is 0 Å². The van der Waals surface area contributed by atoms with Crippen LogP contribution >= 0.6 is 12.4 Å². The van der Waals surface area contributed by atoms with Gasteiger partial charge in [-0.05, 0) is 24.1 Å². The van der Waals surface area contributed by atoms with Gasteiger partial charge in [-0.15, -0.1) is 12.4 Å². The zero-order valence-corrected chi connectivity index (χ0v) is 8.57. The summed E-state index contributed by atoms with van der Waals surface area (Å²) in [6.07, 6.45) is 0.0668. The summed E-state index contributed by atoms with van der Waals surface area (Å²) in [6, 6.07) is 2.86. The van der Waals surface area contributed by atoms with Crippen molar-refractivity contribution in [3.63, 3.8) is 0 Å². The summed E-state index contributed by atoms with van der Waals surface area (Å²) in [5.74, 6) is -1.34. The quantitative estimate of drug-likeness (QED) is 0.608. The molecule has 0 aliphatic rings. The van der Waals surface area contributed by atoms with Crippen molar-refractivity contribution in [3.05, 3.63) is 23.8 Å². The number of nitrogens with two attached hydrogens (primary N) is 1. The molecule has 15 heavy (non-hydrogen) atoms. The maximum absolute atomic E-state index is 10.4. The van der Waals surface area contributed by atoms with E-state index in [1.165, 1.54) is 12.1 Å². The normalized spacial score (nSPS) is 11.5. The Hall–Kier alpha value is -1.46. The number of rotatable bonds is 3. The van der Waals surface area contributed by atoms with Crippen molar-refractivity contribution < 1.29 is 20.1 Å². The molecule has 1 atom stereocenters. The highest BCUT2D eigenvalue weighted by molar-refractivity contribution is 5.85. The number of halogens is 1. The monoisotopic (exact) mass is 233 g/mol. The lowest BCUT2D eigenvalue weighted by atomic mass is 10.1. The van der Waals surface area contributed by atoms with Crippen LogP contribution in [0.1, 0.15) is 5.56 Å². The van der Waals surface area contributed by atoms with E-state index in [2.05, 4.69) is 0 Å². The molecule has 5 nitrogen and oxygen atoms in total. The van der Waals surface area contributed by atoms with E-state index in [4.69, 9.17) is 21.1 Å². The lowest BCUT2D eigenvalue weighted by molar-refractivity contribution is -0.138. The third kappa shape index (κ3) is 4.05. The molecular weight excluding hydrogens is 222 g/mol. The molecule has 6 heteroatoms. The molecule has 5 N–H and O–H groups in total. The first-order chi connectivity index (χ1) is 6.49. The second-order valence-corrected chi connectivity index (χ2v) is 3.01. The van der Waals surface area contributed by atoms with E-state index < -0.39 is 12.0 Å². The van der Waals surface area contributed by atoms with Crippen molar-refractivity contribution in [1.82, 2.24) is 0 Å². The molecule has 1 aromatic rings. The Labute approximate surface area is 92.6 Å². The molecule has 0 saturated heterocycles. The van der Waals surface area contributed by atoms with E-state index in [1.54, 1.807) is 0 Å². The first kappa shape index (κ1) is 13.5. The van der Waals surface area contributed by atoms with Gasteiger partial charge < -0.3 is 21.1 Å². The Bertz CT molecular complexity index is 336. The zero-order chi connectivity index (χ0) is 10.7. The minimum Gasteiger partial charge on any atom is -0.508 e. The molecule has 84 valence electrons. The molecular formula is C9H12ClNO4. The van der Waals surface area contributed by atoms with Crippen LogP contribution in [0.15, 0.2) is 18.2 Å². The fourth-order valence-corrected chi connectivity index (χ4v) is 1.12. The smallest absolute Gasteiger partial charge is 0.320 e. The van der Waals surface area contributed by atoms with Crippen LogP contribution in [0.4, 0.5) is 0 Å². The molecule has 1 aromatic carbocycles. The van der Waals surface area contributed by atoms with E-state index in [0.717, 1.165) is 6.07 Å². The number of carboxylic acid groups (broad SMARTS) is 1. The number of carbonyl (C=O) groups is 1. The van der Waals surface area contributed by atoms with Gasteiger partial charge in [-0.3, -0.25) is 4.79 Å². The maximum atomic E-state index is 10.4. The molecule has 0 heterocycles. The summed E-state index contributed by atoms with van der Waals surface area (Å²) in [5.41, 5.74) is 5.77. The Morgan fingerprint density at radius 1 is 1.27 bits per heavy atom. The van der Waals surface area contributed by atoms with Crippen LogP contribution in [0.25, 0.3) is 0 Å². The minimum atomic E-state index is -1.12. The van der Waals surface area contributed by atoms with Gasteiger partial charge in [0.15, 0.2) is 0 Å². The fraction of sp³-hybridized carbons (Fsp3) is 0.222. The number of phenols is 2. The number of aliphatic carboxylic acids is 1. The summed E-state index contributed by atoms with van der Waals surface area (Å²) in [5, 5.41) is 26.7. The van der Waals surface area contributed by atoms with Gasteiger partial charge >= 0.3 is 5.97 Å². The van der Waals surface area contributed by atoms with E-state index in [9.17, 15) is 4.79 Å². The first-order valence-electron chi connectivity index (χ1n) is 3.99. The number of aromatic hydroxyl groups is 2. The number of phenolic OH excluding ortho intramolecular Hbond substituents is 2. The van der Waals surface area contributed by atoms with Gasteiger partial charge in [0, 0.05) is 6.07 Å². The van der Waals surface area contributed by atoms with Crippen molar-refractivity contribution in [2.75, 3.05) is 0 Å². The molecule has 0 aliphatic carbocycles. The SMILES string of the molecule is Cl.N[C@@H](Cc1cc(O)cc(O)c1)C(=O)O. The van der Waals surface area contributed by atoms with Gasteiger partial charge in [0.1, 0.15) is 17.5 Å². The molecule has 0 bridgehead atoms. The van der Waals surface area contributed by atoms with Crippen LogP contribution in [0.5, 0.6) is 11.5 Å². The van der Waals surface area contributed by atoms with Gasteiger partial charge in [0.05, 0.1) is 0 Å². The predicted molar refractivity (Wildman–Crippen MR) is 56.3 cm³/mol. The second-order valence-electron chi connectivity index (χ2n) is 3.01. The molecule has 0 fully saturated rings. The molecule has 0 amide bonds. The third-order valence-corrected chi connectivity index (χ3v) is 1.74. The van der Waals surface area contributed by atoms with Crippen LogP contribution in [0.3, 0.4) is 0 Å². The molecule has 0 spiro atoms. The zero-order valence-electron chi connectivity index (χ0n) is 7.75. The van der Waals surface area contributed by atoms with Gasteiger partial charge in [0.2, 0.25) is 0 Å². The molecule has 0 radical (unpaired) electrons. The minimum absolute atomic E-state index is 0. The molecule has 0 unspecified atom stereocenters. The lowest BCUT2D eigenvalue weighted by Crippen LogP contribution is -2.32. The molecule has 0 saturated carbocycles. The first-order valence-corrected chi connectivity index (χ1v) is 3.99. The second kappa shape index (κ2) is 5.43. The lowest BCUT2D eigenvalue weighted by Gasteiger charge is -2.07. The highest BCUT2D eigenvalue weighted by Crippen LogP contribution is 2.20. The summed E-state index contributed by atoms with van der Waals surface area (Å²) in [6.45, 7) is 0. The van der Waals surface area contributed by atoms with Crippen molar-refractivity contribution >= 4 is 18.4 Å². The molecule has 0 aromatic heterocycles. The van der Waals surface area contributed by atoms with Gasteiger partial charge in [0.25, 0.3) is 0 Å². The van der Waals surface area contributed by atoms with Gasteiger partial charge in [-0.2, -0.15) is 0 Å². The topological polar surface area (TPSA) is 104 Å². The number of carboxylic acids is 1. The highest BCUT2D eigenvalue weighted by atomic mass is 35.5. The van der Waals surface area contributed by atoms with Crippen LogP contribution in [0, 0.1) is 0 Å². The van der Waals surface area contributed by atoms with E-state index >= 15 is 0 Å².